The van der Waals surface area contributed by atoms with Gasteiger partial charge >= 0.3 is 5.97 Å². The standard InChI is InChI=1S/C12H14FNO3/c1-12(11(16)17,14(2)8-15)7-9-4-3-5-10(13)6-9/h3-6,8H,7H2,1-2H3,(H,16,17). The molecule has 0 radical (unpaired) electrons. The maximum absolute atomic E-state index is 13.0. The number of hydrogen-bond donors (Lipinski definition) is 1. The zero-order valence-electron chi connectivity index (χ0n) is 9.68. The van der Waals surface area contributed by atoms with Gasteiger partial charge in [-0.1, -0.05) is 12.1 Å². The van der Waals surface area contributed by atoms with Crippen LogP contribution in [-0.2, 0) is 16.0 Å². The van der Waals surface area contributed by atoms with Crippen molar-refractivity contribution in [3.05, 3.63) is 35.6 Å². The number of nitrogens with zero attached hydrogens (tertiary/aromatic N) is 1. The summed E-state index contributed by atoms with van der Waals surface area (Å²) in [4.78, 5) is 23.0. The van der Waals surface area contributed by atoms with Crippen molar-refractivity contribution in [3.8, 4) is 0 Å². The topological polar surface area (TPSA) is 57.6 Å². The Balaban J connectivity index is 3.03. The van der Waals surface area contributed by atoms with Crippen LogP contribution in [0.4, 0.5) is 4.39 Å². The van der Waals surface area contributed by atoms with Gasteiger partial charge in [0.15, 0.2) is 0 Å². The molecule has 1 aromatic carbocycles. The minimum atomic E-state index is -1.38. The highest BCUT2D eigenvalue weighted by molar-refractivity contribution is 5.81. The summed E-state index contributed by atoms with van der Waals surface area (Å²) in [6.07, 6.45) is 0.503. The Hall–Kier alpha value is -1.91. The van der Waals surface area contributed by atoms with Crippen molar-refractivity contribution in [3.63, 3.8) is 0 Å². The number of likely N-dealkylation sites (N-methyl/N-ethyl adjacent to an activating group) is 1. The van der Waals surface area contributed by atoms with Crippen LogP contribution in [0.5, 0.6) is 0 Å². The monoisotopic (exact) mass is 239 g/mol. The minimum absolute atomic E-state index is 0.0509. The van der Waals surface area contributed by atoms with E-state index in [9.17, 15) is 19.1 Å². The summed E-state index contributed by atoms with van der Waals surface area (Å²) in [5, 5.41) is 9.17. The largest absolute Gasteiger partial charge is 0.479 e. The van der Waals surface area contributed by atoms with E-state index in [4.69, 9.17) is 0 Å². The van der Waals surface area contributed by atoms with Crippen LogP contribution < -0.4 is 0 Å². The summed E-state index contributed by atoms with van der Waals surface area (Å²) in [6, 6.07) is 5.68. The van der Waals surface area contributed by atoms with Crippen molar-refractivity contribution in [2.75, 3.05) is 7.05 Å². The first-order chi connectivity index (χ1) is 7.90. The number of hydrogen-bond acceptors (Lipinski definition) is 2. The highest BCUT2D eigenvalue weighted by Crippen LogP contribution is 2.19. The van der Waals surface area contributed by atoms with Crippen molar-refractivity contribution in [1.29, 1.82) is 0 Å². The van der Waals surface area contributed by atoms with Crippen LogP contribution in [0.3, 0.4) is 0 Å². The van der Waals surface area contributed by atoms with Gasteiger partial charge in [0.05, 0.1) is 0 Å². The number of rotatable bonds is 5. The number of aliphatic carboxylic acids is 1. The van der Waals surface area contributed by atoms with Crippen molar-refractivity contribution in [2.45, 2.75) is 18.9 Å². The molecule has 0 aliphatic carbocycles. The lowest BCUT2D eigenvalue weighted by Gasteiger charge is -2.32. The molecule has 1 atom stereocenters. The molecule has 4 nitrogen and oxygen atoms in total. The van der Waals surface area contributed by atoms with Gasteiger partial charge in [-0.05, 0) is 24.6 Å². The van der Waals surface area contributed by atoms with Crippen LogP contribution in [0.1, 0.15) is 12.5 Å². The molecule has 1 N–H and O–H groups in total. The molecule has 0 bridgehead atoms. The molecule has 0 saturated carbocycles. The van der Waals surface area contributed by atoms with Gasteiger partial charge in [-0.15, -0.1) is 0 Å². The van der Waals surface area contributed by atoms with Crippen LogP contribution in [-0.4, -0.2) is 35.0 Å². The van der Waals surface area contributed by atoms with Gasteiger partial charge in [0.25, 0.3) is 0 Å². The third kappa shape index (κ3) is 2.81. The average Bonchev–Trinajstić information content (AvgIpc) is 2.27. The number of carbonyl (C=O) groups excluding carboxylic acids is 1. The van der Waals surface area contributed by atoms with E-state index in [1.807, 2.05) is 0 Å². The van der Waals surface area contributed by atoms with E-state index in [0.29, 0.717) is 12.0 Å². The second kappa shape index (κ2) is 4.95. The summed E-state index contributed by atoms with van der Waals surface area (Å²) in [6.45, 7) is 1.43. The third-order valence-electron chi connectivity index (χ3n) is 2.83. The predicted molar refractivity (Wildman–Crippen MR) is 60.0 cm³/mol. The summed E-state index contributed by atoms with van der Waals surface area (Å²) in [7, 11) is 1.39. The van der Waals surface area contributed by atoms with Crippen molar-refractivity contribution < 1.29 is 19.1 Å². The molecule has 17 heavy (non-hydrogen) atoms. The Bertz CT molecular complexity index is 436. The van der Waals surface area contributed by atoms with Crippen LogP contribution in [0.25, 0.3) is 0 Å². The first-order valence-corrected chi connectivity index (χ1v) is 5.06. The fraction of sp³-hybridized carbons (Fsp3) is 0.333. The van der Waals surface area contributed by atoms with E-state index in [1.54, 1.807) is 6.07 Å². The smallest absolute Gasteiger partial charge is 0.329 e. The minimum Gasteiger partial charge on any atom is -0.479 e. The molecule has 0 heterocycles. The average molecular weight is 239 g/mol. The van der Waals surface area contributed by atoms with Crippen LogP contribution >= 0.6 is 0 Å². The lowest BCUT2D eigenvalue weighted by atomic mass is 9.91. The maximum Gasteiger partial charge on any atom is 0.329 e. The molecule has 0 saturated heterocycles. The maximum atomic E-state index is 13.0. The van der Waals surface area contributed by atoms with E-state index in [1.165, 1.54) is 32.2 Å². The van der Waals surface area contributed by atoms with Crippen LogP contribution in [0, 0.1) is 5.82 Å². The number of halogens is 1. The Kier molecular flexibility index (Phi) is 3.83. The normalized spacial score (nSPS) is 13.8. The molecule has 0 aliphatic heterocycles. The SMILES string of the molecule is CN(C=O)C(C)(Cc1cccc(F)c1)C(=O)O. The Morgan fingerprint density at radius 3 is 2.71 bits per heavy atom. The Morgan fingerprint density at radius 1 is 1.59 bits per heavy atom. The predicted octanol–water partition coefficient (Wildman–Crippen LogP) is 1.30. The molecule has 1 amide bonds. The number of carboxylic acids is 1. The second-order valence-corrected chi connectivity index (χ2v) is 4.10. The first kappa shape index (κ1) is 13.2. The molecule has 0 fully saturated rings. The molecule has 5 heteroatoms. The van der Waals surface area contributed by atoms with E-state index in [-0.39, 0.29) is 6.42 Å². The zero-order valence-corrected chi connectivity index (χ0v) is 9.68. The summed E-state index contributed by atoms with van der Waals surface area (Å²) in [5.41, 5.74) is -0.848. The van der Waals surface area contributed by atoms with E-state index in [2.05, 4.69) is 0 Å². The van der Waals surface area contributed by atoms with Gasteiger partial charge in [0.1, 0.15) is 11.4 Å². The van der Waals surface area contributed by atoms with Crippen LogP contribution in [0.15, 0.2) is 24.3 Å². The highest BCUT2D eigenvalue weighted by Gasteiger charge is 2.37. The van der Waals surface area contributed by atoms with E-state index in [0.717, 1.165) is 4.90 Å². The third-order valence-corrected chi connectivity index (χ3v) is 2.83. The quantitative estimate of drug-likeness (QED) is 0.788. The molecular weight excluding hydrogens is 225 g/mol. The van der Waals surface area contributed by atoms with Crippen molar-refractivity contribution in [1.82, 2.24) is 4.90 Å². The number of amides is 1. The molecule has 0 spiro atoms. The summed E-state index contributed by atoms with van der Waals surface area (Å²) < 4.78 is 13.0. The fourth-order valence-corrected chi connectivity index (χ4v) is 1.51. The summed E-state index contributed by atoms with van der Waals surface area (Å²) >= 11 is 0. The zero-order chi connectivity index (χ0) is 13.1. The van der Waals surface area contributed by atoms with Gasteiger partial charge in [0.2, 0.25) is 6.41 Å². The molecular formula is C12H14FNO3. The van der Waals surface area contributed by atoms with Gasteiger partial charge in [-0.25, -0.2) is 9.18 Å². The van der Waals surface area contributed by atoms with Gasteiger partial charge in [-0.2, -0.15) is 0 Å². The van der Waals surface area contributed by atoms with Gasteiger partial charge in [-0.3, -0.25) is 4.79 Å². The van der Waals surface area contributed by atoms with Gasteiger partial charge in [0, 0.05) is 13.5 Å². The van der Waals surface area contributed by atoms with Crippen molar-refractivity contribution >= 4 is 12.4 Å². The number of benzene rings is 1. The number of carboxylic acid groups (broad SMARTS) is 1. The van der Waals surface area contributed by atoms with Crippen molar-refractivity contribution in [2.24, 2.45) is 0 Å². The molecule has 1 aromatic rings. The summed E-state index contributed by atoms with van der Waals surface area (Å²) in [5.74, 6) is -1.56. The lowest BCUT2D eigenvalue weighted by molar-refractivity contribution is -0.152. The molecule has 0 aliphatic rings. The van der Waals surface area contributed by atoms with Crippen LogP contribution in [0.2, 0.25) is 0 Å². The first-order valence-electron chi connectivity index (χ1n) is 5.06. The highest BCUT2D eigenvalue weighted by atomic mass is 19.1. The fourth-order valence-electron chi connectivity index (χ4n) is 1.51. The van der Waals surface area contributed by atoms with E-state index < -0.39 is 17.3 Å². The Labute approximate surface area is 98.7 Å². The number of carbonyl (C=O) groups is 2. The lowest BCUT2D eigenvalue weighted by Crippen LogP contribution is -2.51. The van der Waals surface area contributed by atoms with E-state index >= 15 is 0 Å². The molecule has 92 valence electrons. The second-order valence-electron chi connectivity index (χ2n) is 4.10. The molecule has 1 rings (SSSR count). The molecule has 1 unspecified atom stereocenters. The molecule has 0 aromatic heterocycles. The Morgan fingerprint density at radius 2 is 2.24 bits per heavy atom. The van der Waals surface area contributed by atoms with Gasteiger partial charge < -0.3 is 10.0 Å².